The second kappa shape index (κ2) is 4.34. The van der Waals surface area contributed by atoms with Crippen LogP contribution < -0.4 is 11.1 Å². The third-order valence-electron chi connectivity index (χ3n) is 3.60. The molecule has 0 bridgehead atoms. The van der Waals surface area contributed by atoms with Gasteiger partial charge in [-0.2, -0.15) is 5.26 Å². The van der Waals surface area contributed by atoms with Crippen LogP contribution in [-0.4, -0.2) is 41.4 Å². The molecule has 2 atom stereocenters. The molecule has 2 heterocycles. The Morgan fingerprint density at radius 2 is 2.24 bits per heavy atom. The Balaban J connectivity index is 2.22. The molecule has 2 aliphatic rings. The standard InChI is InChI=1S/C11H16N4O2/c12-7-11(10(13)17)4-2-6-15(11)9(16)8-3-1-5-14-8/h8,14H,1-6H2,(H2,13,17)/t8?,11-/m0/s1. The maximum absolute atomic E-state index is 12.2. The number of amides is 2. The molecular formula is C11H16N4O2. The maximum Gasteiger partial charge on any atom is 0.258 e. The highest BCUT2D eigenvalue weighted by atomic mass is 16.2. The number of rotatable bonds is 2. The minimum absolute atomic E-state index is 0.166. The van der Waals surface area contributed by atoms with Crippen molar-refractivity contribution in [1.29, 1.82) is 5.26 Å². The van der Waals surface area contributed by atoms with Crippen LogP contribution in [0.5, 0.6) is 0 Å². The van der Waals surface area contributed by atoms with Crippen LogP contribution in [-0.2, 0) is 9.59 Å². The van der Waals surface area contributed by atoms with Gasteiger partial charge in [0.1, 0.15) is 6.07 Å². The van der Waals surface area contributed by atoms with Gasteiger partial charge in [-0.1, -0.05) is 0 Å². The van der Waals surface area contributed by atoms with Crippen molar-refractivity contribution in [3.63, 3.8) is 0 Å². The molecule has 2 fully saturated rings. The fourth-order valence-corrected chi connectivity index (χ4v) is 2.63. The van der Waals surface area contributed by atoms with E-state index in [1.165, 1.54) is 4.90 Å². The maximum atomic E-state index is 12.2. The first kappa shape index (κ1) is 11.9. The Labute approximate surface area is 99.7 Å². The Bertz CT molecular complexity index is 383. The van der Waals surface area contributed by atoms with Crippen LogP contribution >= 0.6 is 0 Å². The van der Waals surface area contributed by atoms with Crippen LogP contribution in [0.1, 0.15) is 25.7 Å². The quantitative estimate of drug-likeness (QED) is 0.649. The number of hydrogen-bond donors (Lipinski definition) is 2. The van der Waals surface area contributed by atoms with Gasteiger partial charge in [0.2, 0.25) is 11.4 Å². The van der Waals surface area contributed by atoms with Gasteiger partial charge in [-0.3, -0.25) is 9.59 Å². The van der Waals surface area contributed by atoms with Crippen LogP contribution in [0.4, 0.5) is 0 Å². The first-order valence-corrected chi connectivity index (χ1v) is 5.88. The van der Waals surface area contributed by atoms with Crippen molar-refractivity contribution >= 4 is 11.8 Å². The summed E-state index contributed by atoms with van der Waals surface area (Å²) in [4.78, 5) is 25.1. The number of primary amides is 1. The number of carbonyl (C=O) groups excluding carboxylic acids is 2. The molecule has 2 saturated heterocycles. The van der Waals surface area contributed by atoms with E-state index < -0.39 is 11.4 Å². The molecule has 17 heavy (non-hydrogen) atoms. The summed E-state index contributed by atoms with van der Waals surface area (Å²) in [5, 5.41) is 12.3. The van der Waals surface area contributed by atoms with E-state index in [2.05, 4.69) is 5.32 Å². The highest BCUT2D eigenvalue weighted by Gasteiger charge is 2.50. The summed E-state index contributed by atoms with van der Waals surface area (Å²) in [5.74, 6) is -0.885. The number of nitrogens with two attached hydrogens (primary N) is 1. The first-order chi connectivity index (χ1) is 8.12. The number of nitrogens with zero attached hydrogens (tertiary/aromatic N) is 2. The molecule has 92 valence electrons. The second-order valence-corrected chi connectivity index (χ2v) is 4.58. The molecule has 3 N–H and O–H groups in total. The Morgan fingerprint density at radius 3 is 2.76 bits per heavy atom. The molecule has 0 aromatic rings. The highest BCUT2D eigenvalue weighted by molar-refractivity contribution is 5.95. The number of nitriles is 1. The SMILES string of the molecule is N#C[C@]1(C(N)=O)CCCN1C(=O)C1CCCN1. The van der Waals surface area contributed by atoms with Crippen molar-refractivity contribution in [2.45, 2.75) is 37.3 Å². The van der Waals surface area contributed by atoms with Crippen molar-refractivity contribution in [2.24, 2.45) is 5.73 Å². The summed E-state index contributed by atoms with van der Waals surface area (Å²) in [6.07, 6.45) is 2.70. The van der Waals surface area contributed by atoms with Crippen molar-refractivity contribution in [3.05, 3.63) is 0 Å². The average molecular weight is 236 g/mol. The summed E-state index contributed by atoms with van der Waals surface area (Å²) in [6.45, 7) is 1.24. The van der Waals surface area contributed by atoms with E-state index in [1.807, 2.05) is 6.07 Å². The first-order valence-electron chi connectivity index (χ1n) is 5.88. The van der Waals surface area contributed by atoms with Gasteiger partial charge in [-0.05, 0) is 32.2 Å². The zero-order valence-electron chi connectivity index (χ0n) is 9.61. The fourth-order valence-electron chi connectivity index (χ4n) is 2.63. The largest absolute Gasteiger partial charge is 0.367 e. The number of hydrogen-bond acceptors (Lipinski definition) is 4. The molecule has 6 nitrogen and oxygen atoms in total. The van der Waals surface area contributed by atoms with E-state index in [0.29, 0.717) is 19.4 Å². The molecule has 1 unspecified atom stereocenters. The lowest BCUT2D eigenvalue weighted by Gasteiger charge is -2.31. The minimum atomic E-state index is -1.43. The Kier molecular flexibility index (Phi) is 3.03. The lowest BCUT2D eigenvalue weighted by Crippen LogP contribution is -2.58. The minimum Gasteiger partial charge on any atom is -0.367 e. The summed E-state index contributed by atoms with van der Waals surface area (Å²) < 4.78 is 0. The van der Waals surface area contributed by atoms with Gasteiger partial charge in [0.25, 0.3) is 5.91 Å². The van der Waals surface area contributed by atoms with Gasteiger partial charge >= 0.3 is 0 Å². The topological polar surface area (TPSA) is 99.2 Å². The zero-order valence-corrected chi connectivity index (χ0v) is 9.61. The molecule has 2 amide bonds. The average Bonchev–Trinajstić information content (AvgIpc) is 2.97. The molecular weight excluding hydrogens is 220 g/mol. The highest BCUT2D eigenvalue weighted by Crippen LogP contribution is 2.30. The van der Waals surface area contributed by atoms with Gasteiger partial charge in [0, 0.05) is 6.54 Å². The fraction of sp³-hybridized carbons (Fsp3) is 0.727. The monoisotopic (exact) mass is 236 g/mol. The van der Waals surface area contributed by atoms with E-state index in [0.717, 1.165) is 19.4 Å². The molecule has 2 aliphatic heterocycles. The van der Waals surface area contributed by atoms with Crippen LogP contribution in [0.3, 0.4) is 0 Å². The summed E-state index contributed by atoms with van der Waals surface area (Å²) in [7, 11) is 0. The Hall–Kier alpha value is -1.61. The normalized spacial score (nSPS) is 32.4. The van der Waals surface area contributed by atoms with Gasteiger partial charge in [-0.15, -0.1) is 0 Å². The molecule has 0 radical (unpaired) electrons. The van der Waals surface area contributed by atoms with Gasteiger partial charge in [-0.25, -0.2) is 0 Å². The molecule has 0 aromatic carbocycles. The lowest BCUT2D eigenvalue weighted by atomic mass is 9.96. The number of likely N-dealkylation sites (tertiary alicyclic amines) is 1. The van der Waals surface area contributed by atoms with Crippen molar-refractivity contribution < 1.29 is 9.59 Å². The predicted molar refractivity (Wildman–Crippen MR) is 59.5 cm³/mol. The third-order valence-corrected chi connectivity index (χ3v) is 3.60. The molecule has 0 saturated carbocycles. The van der Waals surface area contributed by atoms with Crippen LogP contribution in [0.25, 0.3) is 0 Å². The third kappa shape index (κ3) is 1.76. The van der Waals surface area contributed by atoms with Crippen LogP contribution in [0, 0.1) is 11.3 Å². The Morgan fingerprint density at radius 1 is 1.47 bits per heavy atom. The van der Waals surface area contributed by atoms with Crippen molar-refractivity contribution in [2.75, 3.05) is 13.1 Å². The lowest BCUT2D eigenvalue weighted by molar-refractivity contribution is -0.141. The summed E-state index contributed by atoms with van der Waals surface area (Å²) in [6, 6.07) is 1.67. The zero-order chi connectivity index (χ0) is 12.5. The van der Waals surface area contributed by atoms with Crippen LogP contribution in [0.15, 0.2) is 0 Å². The van der Waals surface area contributed by atoms with Crippen molar-refractivity contribution in [1.82, 2.24) is 10.2 Å². The summed E-state index contributed by atoms with van der Waals surface area (Å²) >= 11 is 0. The van der Waals surface area contributed by atoms with Gasteiger partial charge in [0.05, 0.1) is 6.04 Å². The molecule has 0 spiro atoms. The van der Waals surface area contributed by atoms with E-state index >= 15 is 0 Å². The predicted octanol–water partition coefficient (Wildman–Crippen LogP) is -0.892. The number of carbonyl (C=O) groups is 2. The number of nitrogens with one attached hydrogen (secondary N) is 1. The van der Waals surface area contributed by atoms with E-state index in [9.17, 15) is 14.9 Å². The van der Waals surface area contributed by atoms with Crippen molar-refractivity contribution in [3.8, 4) is 6.07 Å². The van der Waals surface area contributed by atoms with Crippen LogP contribution in [0.2, 0.25) is 0 Å². The summed E-state index contributed by atoms with van der Waals surface area (Å²) in [5.41, 5.74) is 3.87. The van der Waals surface area contributed by atoms with E-state index in [4.69, 9.17) is 5.73 Å². The second-order valence-electron chi connectivity index (χ2n) is 4.58. The van der Waals surface area contributed by atoms with Gasteiger partial charge < -0.3 is 16.0 Å². The molecule has 6 heteroatoms. The smallest absolute Gasteiger partial charge is 0.258 e. The van der Waals surface area contributed by atoms with Gasteiger partial charge in [0.15, 0.2) is 0 Å². The van der Waals surface area contributed by atoms with E-state index in [1.54, 1.807) is 0 Å². The molecule has 0 aromatic heterocycles. The molecule has 0 aliphatic carbocycles. The van der Waals surface area contributed by atoms with E-state index in [-0.39, 0.29) is 11.9 Å². The molecule has 2 rings (SSSR count).